The Balaban J connectivity index is 3.61. The molecule has 376 valence electrons. The fourth-order valence-corrected chi connectivity index (χ4v) is 7.49. The summed E-state index contributed by atoms with van der Waals surface area (Å²) in [5, 5.41) is 9.64. The van der Waals surface area contributed by atoms with Crippen LogP contribution >= 0.6 is 0 Å². The van der Waals surface area contributed by atoms with Gasteiger partial charge in [0.25, 0.3) is 0 Å². The number of ether oxygens (including phenoxy) is 2. The summed E-state index contributed by atoms with van der Waals surface area (Å²) in [6, 6.07) is 0. The normalized spacial score (nSPS) is 13.1. The summed E-state index contributed by atoms with van der Waals surface area (Å²) in [6.07, 6.45) is 80.5. The summed E-state index contributed by atoms with van der Waals surface area (Å²) in [6.45, 7) is 4.02. The molecule has 0 aliphatic heterocycles. The molecule has 0 saturated heterocycles. The third-order valence-electron chi connectivity index (χ3n) is 11.6. The Kier molecular flexibility index (Phi) is 53.0. The number of carbonyl (C=O) groups excluding carboxylic acids is 2. The van der Waals surface area contributed by atoms with E-state index in [-0.39, 0.29) is 25.2 Å². The zero-order valence-corrected chi connectivity index (χ0v) is 42.9. The highest BCUT2D eigenvalue weighted by molar-refractivity contribution is 5.70. The Labute approximate surface area is 408 Å². The predicted octanol–water partition coefficient (Wildman–Crippen LogP) is 18.5. The lowest BCUT2D eigenvalue weighted by molar-refractivity contribution is -0.161. The van der Waals surface area contributed by atoms with E-state index in [1.165, 1.54) is 103 Å². The summed E-state index contributed by atoms with van der Waals surface area (Å²) < 4.78 is 10.7. The van der Waals surface area contributed by atoms with Gasteiger partial charge in [-0.3, -0.25) is 9.59 Å². The molecule has 1 N–H and O–H groups in total. The molecular formula is C61H102O5. The van der Waals surface area contributed by atoms with Crippen molar-refractivity contribution >= 4 is 11.9 Å². The van der Waals surface area contributed by atoms with Crippen LogP contribution in [0.4, 0.5) is 0 Å². The van der Waals surface area contributed by atoms with Gasteiger partial charge in [-0.05, 0) is 83.5 Å². The molecule has 0 aromatic carbocycles. The van der Waals surface area contributed by atoms with E-state index in [4.69, 9.17) is 9.47 Å². The molecule has 0 fully saturated rings. The largest absolute Gasteiger partial charge is 0.462 e. The Morgan fingerprint density at radius 3 is 0.985 bits per heavy atom. The lowest BCUT2D eigenvalue weighted by atomic mass is 10.0. The number of aliphatic hydroxyl groups is 1. The van der Waals surface area contributed by atoms with Gasteiger partial charge in [-0.2, -0.15) is 0 Å². The average molecular weight is 915 g/mol. The molecule has 0 amide bonds. The molecule has 0 saturated carbocycles. The summed E-state index contributed by atoms with van der Waals surface area (Å²) in [4.78, 5) is 24.5. The lowest BCUT2D eigenvalue weighted by Crippen LogP contribution is -2.28. The van der Waals surface area contributed by atoms with Crippen LogP contribution in [0.5, 0.6) is 0 Å². The second-order valence-electron chi connectivity index (χ2n) is 17.9. The zero-order chi connectivity index (χ0) is 47.7. The van der Waals surface area contributed by atoms with E-state index in [1.807, 2.05) is 0 Å². The van der Waals surface area contributed by atoms with Gasteiger partial charge < -0.3 is 14.6 Å². The molecule has 0 aliphatic rings. The first-order valence-corrected chi connectivity index (χ1v) is 27.4. The molecule has 0 aromatic heterocycles. The molecule has 0 radical (unpaired) electrons. The standard InChI is InChI=1S/C61H102O5/c1-3-5-7-9-11-13-15-17-19-21-23-24-25-26-27-28-29-30-31-32-33-34-35-36-38-40-42-44-46-48-50-52-54-56-61(64)66-59(57-62)58-65-60(63)55-53-51-49-47-45-43-41-39-37-22-20-18-16-14-12-10-8-6-4-2/h5,7,11,13,17,19,23-24,26-27,29-30,32-33,35-36,40,42,59,62H,3-4,6,8-10,12,14-16,18,20-22,25,28,31,34,37-39,41,43-58H2,1-2H3/b7-5-,13-11-,19-17-,24-23-,27-26-,30-29-,33-32-,36-35-,42-40-. The number of aliphatic hydroxyl groups excluding tert-OH is 1. The van der Waals surface area contributed by atoms with Gasteiger partial charge in [0.05, 0.1) is 6.61 Å². The maximum atomic E-state index is 12.3. The molecule has 5 heteroatoms. The number of esters is 2. The van der Waals surface area contributed by atoms with Crippen molar-refractivity contribution in [3.8, 4) is 0 Å². The molecule has 1 atom stereocenters. The first kappa shape index (κ1) is 62.6. The van der Waals surface area contributed by atoms with Crippen molar-refractivity contribution in [1.29, 1.82) is 0 Å². The maximum absolute atomic E-state index is 12.3. The van der Waals surface area contributed by atoms with E-state index < -0.39 is 6.10 Å². The van der Waals surface area contributed by atoms with E-state index in [9.17, 15) is 14.7 Å². The van der Waals surface area contributed by atoms with Gasteiger partial charge in [-0.15, -0.1) is 0 Å². The van der Waals surface area contributed by atoms with Crippen molar-refractivity contribution in [3.63, 3.8) is 0 Å². The molecule has 0 bridgehead atoms. The summed E-state index contributed by atoms with van der Waals surface area (Å²) in [5.74, 6) is -0.612. The first-order valence-electron chi connectivity index (χ1n) is 27.4. The molecule has 66 heavy (non-hydrogen) atoms. The number of unbranched alkanes of at least 4 members (excludes halogenated alkanes) is 23. The minimum absolute atomic E-state index is 0.0771. The van der Waals surface area contributed by atoms with E-state index in [2.05, 4.69) is 123 Å². The Bertz CT molecular complexity index is 1310. The SMILES string of the molecule is CC/C=C\C/C=C\C/C=C\C/C=C\C/C=C\C/C=C\C/C=C\C/C=C\C/C=C\CCCCCCCC(=O)OC(CO)COC(=O)CCCCCCCCCCCCCCCCCCCCC. The number of hydrogen-bond acceptors (Lipinski definition) is 5. The second-order valence-corrected chi connectivity index (χ2v) is 17.9. The van der Waals surface area contributed by atoms with Crippen LogP contribution in [0.2, 0.25) is 0 Å². The Morgan fingerprint density at radius 1 is 0.364 bits per heavy atom. The van der Waals surface area contributed by atoms with Crippen molar-refractivity contribution in [2.75, 3.05) is 13.2 Å². The number of hydrogen-bond donors (Lipinski definition) is 1. The average Bonchev–Trinajstić information content (AvgIpc) is 3.32. The fraction of sp³-hybridized carbons (Fsp3) is 0.672. The predicted molar refractivity (Wildman–Crippen MR) is 288 cm³/mol. The van der Waals surface area contributed by atoms with Crippen molar-refractivity contribution < 1.29 is 24.2 Å². The zero-order valence-electron chi connectivity index (χ0n) is 42.9. The fourth-order valence-electron chi connectivity index (χ4n) is 7.49. The summed E-state index contributed by atoms with van der Waals surface area (Å²) in [7, 11) is 0. The van der Waals surface area contributed by atoms with Crippen LogP contribution in [-0.2, 0) is 19.1 Å². The lowest BCUT2D eigenvalue weighted by Gasteiger charge is -2.15. The minimum Gasteiger partial charge on any atom is -0.462 e. The smallest absolute Gasteiger partial charge is 0.306 e. The molecule has 0 aromatic rings. The third kappa shape index (κ3) is 53.2. The van der Waals surface area contributed by atoms with Crippen LogP contribution in [0, 0.1) is 0 Å². The Hall–Kier alpha value is -3.44. The topological polar surface area (TPSA) is 72.8 Å². The van der Waals surface area contributed by atoms with Crippen molar-refractivity contribution in [1.82, 2.24) is 0 Å². The van der Waals surface area contributed by atoms with E-state index in [1.54, 1.807) is 0 Å². The number of allylic oxidation sites excluding steroid dienone is 18. The maximum Gasteiger partial charge on any atom is 0.306 e. The number of carbonyl (C=O) groups is 2. The molecule has 1 unspecified atom stereocenters. The number of rotatable bonds is 49. The highest BCUT2D eigenvalue weighted by Crippen LogP contribution is 2.16. The molecule has 0 heterocycles. The van der Waals surface area contributed by atoms with Crippen molar-refractivity contribution in [3.05, 3.63) is 109 Å². The minimum atomic E-state index is -0.788. The molecule has 0 rings (SSSR count). The van der Waals surface area contributed by atoms with Gasteiger partial charge in [0, 0.05) is 12.8 Å². The molecule has 5 nitrogen and oxygen atoms in total. The van der Waals surface area contributed by atoms with Gasteiger partial charge in [-0.1, -0.05) is 258 Å². The molecule has 0 aliphatic carbocycles. The van der Waals surface area contributed by atoms with Crippen molar-refractivity contribution in [2.24, 2.45) is 0 Å². The van der Waals surface area contributed by atoms with Crippen LogP contribution in [0.3, 0.4) is 0 Å². The van der Waals surface area contributed by atoms with Gasteiger partial charge in [0.1, 0.15) is 6.61 Å². The third-order valence-corrected chi connectivity index (χ3v) is 11.6. The van der Waals surface area contributed by atoms with Crippen LogP contribution in [-0.4, -0.2) is 36.4 Å². The van der Waals surface area contributed by atoms with E-state index in [0.29, 0.717) is 12.8 Å². The quantitative estimate of drug-likeness (QED) is 0.0374. The van der Waals surface area contributed by atoms with E-state index in [0.717, 1.165) is 116 Å². The van der Waals surface area contributed by atoms with Gasteiger partial charge >= 0.3 is 11.9 Å². The monoisotopic (exact) mass is 915 g/mol. The van der Waals surface area contributed by atoms with Crippen LogP contribution in [0.25, 0.3) is 0 Å². The van der Waals surface area contributed by atoms with Gasteiger partial charge in [0.2, 0.25) is 0 Å². The van der Waals surface area contributed by atoms with Crippen molar-refractivity contribution in [2.45, 2.75) is 251 Å². The van der Waals surface area contributed by atoms with Gasteiger partial charge in [0.15, 0.2) is 6.10 Å². The molecular weight excluding hydrogens is 813 g/mol. The van der Waals surface area contributed by atoms with Crippen LogP contribution in [0.15, 0.2) is 109 Å². The van der Waals surface area contributed by atoms with Crippen LogP contribution < -0.4 is 0 Å². The van der Waals surface area contributed by atoms with Crippen LogP contribution in [0.1, 0.15) is 245 Å². The highest BCUT2D eigenvalue weighted by Gasteiger charge is 2.16. The first-order chi connectivity index (χ1) is 32.6. The van der Waals surface area contributed by atoms with Gasteiger partial charge in [-0.25, -0.2) is 0 Å². The highest BCUT2D eigenvalue weighted by atomic mass is 16.6. The Morgan fingerprint density at radius 2 is 0.652 bits per heavy atom. The summed E-state index contributed by atoms with van der Waals surface area (Å²) in [5.41, 5.74) is 0. The second kappa shape index (κ2) is 55.9. The van der Waals surface area contributed by atoms with E-state index >= 15 is 0 Å². The summed E-state index contributed by atoms with van der Waals surface area (Å²) >= 11 is 0. The molecule has 0 spiro atoms.